The van der Waals surface area contributed by atoms with E-state index in [1.807, 2.05) is 13.8 Å². The maximum Gasteiger partial charge on any atom is 0.457 e. The van der Waals surface area contributed by atoms with Crippen molar-refractivity contribution in [2.24, 2.45) is 0 Å². The molecule has 7 nitrogen and oxygen atoms in total. The highest BCUT2D eigenvalue weighted by atomic mass is 16.7. The van der Waals surface area contributed by atoms with E-state index in [9.17, 15) is 9.90 Å². The molecule has 4 unspecified atom stereocenters. The van der Waals surface area contributed by atoms with Crippen LogP contribution in [0, 0.1) is 0 Å². The molecule has 2 N–H and O–H groups in total. The Morgan fingerprint density at radius 1 is 1.12 bits per heavy atom. The fourth-order valence-corrected chi connectivity index (χ4v) is 3.16. The molecule has 2 saturated heterocycles. The molecular formula is C16H31B2NO6. The first-order valence-corrected chi connectivity index (χ1v) is 9.64. The largest absolute Gasteiger partial charge is 0.457 e. The predicted octanol–water partition coefficient (Wildman–Crippen LogP) is 1.26. The van der Waals surface area contributed by atoms with Gasteiger partial charge < -0.3 is 29.0 Å². The molecule has 0 spiro atoms. The van der Waals surface area contributed by atoms with Crippen LogP contribution in [0.25, 0.3) is 0 Å². The van der Waals surface area contributed by atoms with Gasteiger partial charge >= 0.3 is 14.2 Å². The Morgan fingerprint density at radius 2 is 1.88 bits per heavy atom. The lowest BCUT2D eigenvalue weighted by Crippen LogP contribution is -2.50. The zero-order valence-corrected chi connectivity index (χ0v) is 15.6. The third kappa shape index (κ3) is 5.69. The van der Waals surface area contributed by atoms with Crippen molar-refractivity contribution in [3.05, 3.63) is 0 Å². The number of rotatable bonds is 10. The summed E-state index contributed by atoms with van der Waals surface area (Å²) >= 11 is 0. The molecule has 0 bridgehead atoms. The molecule has 2 heterocycles. The molecule has 0 aromatic carbocycles. The Bertz CT molecular complexity index is 416. The van der Waals surface area contributed by atoms with Crippen molar-refractivity contribution < 1.29 is 28.5 Å². The van der Waals surface area contributed by atoms with E-state index in [0.717, 1.165) is 32.0 Å². The van der Waals surface area contributed by atoms with Crippen molar-refractivity contribution in [1.82, 2.24) is 5.32 Å². The van der Waals surface area contributed by atoms with Gasteiger partial charge in [-0.2, -0.15) is 0 Å². The van der Waals surface area contributed by atoms with E-state index in [2.05, 4.69) is 12.2 Å². The number of amides is 1. The van der Waals surface area contributed by atoms with Gasteiger partial charge in [0.25, 0.3) is 5.91 Å². The third-order valence-electron chi connectivity index (χ3n) is 4.66. The molecule has 2 rings (SSSR count). The average Bonchev–Trinajstić information content (AvgIpc) is 3.26. The second-order valence-corrected chi connectivity index (χ2v) is 6.68. The molecule has 25 heavy (non-hydrogen) atoms. The molecule has 2 aliphatic rings. The van der Waals surface area contributed by atoms with Crippen LogP contribution in [-0.2, 0) is 23.4 Å². The smallest absolute Gasteiger partial charge is 0.408 e. The average molecular weight is 355 g/mol. The minimum absolute atomic E-state index is 0.264. The molecular weight excluding hydrogens is 324 g/mol. The van der Waals surface area contributed by atoms with Crippen molar-refractivity contribution in [3.8, 4) is 0 Å². The first-order valence-electron chi connectivity index (χ1n) is 9.64. The molecule has 9 heteroatoms. The number of hydrogen-bond donors (Lipinski definition) is 2. The van der Waals surface area contributed by atoms with E-state index >= 15 is 0 Å². The van der Waals surface area contributed by atoms with Gasteiger partial charge in [0, 0.05) is 6.54 Å². The second-order valence-electron chi connectivity index (χ2n) is 6.68. The van der Waals surface area contributed by atoms with Crippen LogP contribution in [0.2, 0.25) is 12.6 Å². The number of aliphatic hydroxyl groups excluding tert-OH is 1. The maximum absolute atomic E-state index is 12.3. The standard InChI is InChI=1S/C16H31B2NO6/c1-4-7-8-9-10-19-16(21)13(20)15-14(24-18(6-3)25-15)12-11-22-17(5-2)23-12/h12-15,20H,4-11H2,1-3H3,(H,19,21). The number of carbonyl (C=O) groups excluding carboxylic acids is 1. The molecule has 0 saturated carbocycles. The van der Waals surface area contributed by atoms with Gasteiger partial charge in [0.2, 0.25) is 0 Å². The van der Waals surface area contributed by atoms with Crippen molar-refractivity contribution >= 4 is 20.1 Å². The molecule has 0 aliphatic carbocycles. The van der Waals surface area contributed by atoms with Gasteiger partial charge in [-0.25, -0.2) is 0 Å². The first kappa shape index (κ1) is 20.7. The molecule has 0 aromatic heterocycles. The zero-order valence-electron chi connectivity index (χ0n) is 15.6. The number of unbranched alkanes of at least 4 members (excludes halogenated alkanes) is 3. The lowest BCUT2D eigenvalue weighted by atomic mass is 9.86. The van der Waals surface area contributed by atoms with Crippen molar-refractivity contribution in [1.29, 1.82) is 0 Å². The van der Waals surface area contributed by atoms with E-state index in [1.165, 1.54) is 0 Å². The number of nitrogens with one attached hydrogen (secondary N) is 1. The van der Waals surface area contributed by atoms with Crippen LogP contribution in [0.4, 0.5) is 0 Å². The van der Waals surface area contributed by atoms with Crippen LogP contribution < -0.4 is 5.32 Å². The molecule has 4 atom stereocenters. The summed E-state index contributed by atoms with van der Waals surface area (Å²) in [5, 5.41) is 13.3. The van der Waals surface area contributed by atoms with Gasteiger partial charge in [0.15, 0.2) is 6.10 Å². The zero-order chi connectivity index (χ0) is 18.2. The van der Waals surface area contributed by atoms with Crippen LogP contribution in [0.15, 0.2) is 0 Å². The minimum Gasteiger partial charge on any atom is -0.408 e. The first-order chi connectivity index (χ1) is 12.1. The van der Waals surface area contributed by atoms with Crippen molar-refractivity contribution in [2.75, 3.05) is 13.2 Å². The highest BCUT2D eigenvalue weighted by Gasteiger charge is 2.50. The molecule has 0 radical (unpaired) electrons. The van der Waals surface area contributed by atoms with Crippen molar-refractivity contribution in [3.63, 3.8) is 0 Å². The van der Waals surface area contributed by atoms with Crippen LogP contribution in [-0.4, -0.2) is 62.8 Å². The van der Waals surface area contributed by atoms with Gasteiger partial charge in [0.05, 0.1) is 18.8 Å². The Balaban J connectivity index is 1.88. The Hall–Kier alpha value is -0.600. The van der Waals surface area contributed by atoms with Gasteiger partial charge in [-0.3, -0.25) is 4.79 Å². The van der Waals surface area contributed by atoms with Crippen LogP contribution in [0.5, 0.6) is 0 Å². The van der Waals surface area contributed by atoms with E-state index in [0.29, 0.717) is 19.5 Å². The van der Waals surface area contributed by atoms with E-state index in [1.54, 1.807) is 0 Å². The van der Waals surface area contributed by atoms with Gasteiger partial charge in [0.1, 0.15) is 6.10 Å². The SMILES string of the molecule is CCCCCCNC(=O)C(O)C1OB(CC)OC1C1COB(CC)O1. The molecule has 2 fully saturated rings. The highest BCUT2D eigenvalue weighted by molar-refractivity contribution is 6.45. The predicted molar refractivity (Wildman–Crippen MR) is 96.2 cm³/mol. The van der Waals surface area contributed by atoms with Crippen LogP contribution in [0.1, 0.15) is 46.5 Å². The summed E-state index contributed by atoms with van der Waals surface area (Å²) in [5.41, 5.74) is 0. The number of carbonyl (C=O) groups is 1. The third-order valence-corrected chi connectivity index (χ3v) is 4.66. The summed E-state index contributed by atoms with van der Waals surface area (Å²) in [6, 6.07) is 0. The Labute approximate surface area is 151 Å². The van der Waals surface area contributed by atoms with Gasteiger partial charge in [-0.1, -0.05) is 40.0 Å². The maximum atomic E-state index is 12.3. The van der Waals surface area contributed by atoms with Crippen molar-refractivity contribution in [2.45, 2.75) is 83.5 Å². The topological polar surface area (TPSA) is 86.3 Å². The summed E-state index contributed by atoms with van der Waals surface area (Å²) in [6.45, 7) is 7.00. The molecule has 2 aliphatic heterocycles. The van der Waals surface area contributed by atoms with Gasteiger partial charge in [-0.05, 0) is 19.1 Å². The summed E-state index contributed by atoms with van der Waals surface area (Å²) in [7, 11) is -0.703. The monoisotopic (exact) mass is 355 g/mol. The second kappa shape index (κ2) is 10.5. The summed E-state index contributed by atoms with van der Waals surface area (Å²) in [4.78, 5) is 12.3. The number of aliphatic hydroxyl groups is 1. The summed E-state index contributed by atoms with van der Waals surface area (Å²) in [5.74, 6) is -0.419. The normalized spacial score (nSPS) is 27.8. The van der Waals surface area contributed by atoms with E-state index in [4.69, 9.17) is 18.6 Å². The number of hydrogen-bond acceptors (Lipinski definition) is 6. The molecule has 142 valence electrons. The Morgan fingerprint density at radius 3 is 2.52 bits per heavy atom. The quantitative estimate of drug-likeness (QED) is 0.453. The lowest BCUT2D eigenvalue weighted by Gasteiger charge is -2.26. The summed E-state index contributed by atoms with van der Waals surface area (Å²) < 4.78 is 23.0. The molecule has 0 aromatic rings. The fourth-order valence-electron chi connectivity index (χ4n) is 3.16. The fraction of sp³-hybridized carbons (Fsp3) is 0.938. The highest BCUT2D eigenvalue weighted by Crippen LogP contribution is 2.29. The van der Waals surface area contributed by atoms with E-state index < -0.39 is 31.3 Å². The van der Waals surface area contributed by atoms with E-state index in [-0.39, 0.29) is 13.2 Å². The lowest BCUT2D eigenvalue weighted by molar-refractivity contribution is -0.136. The van der Waals surface area contributed by atoms with Gasteiger partial charge in [-0.15, -0.1) is 0 Å². The van der Waals surface area contributed by atoms with Crippen LogP contribution >= 0.6 is 0 Å². The Kier molecular flexibility index (Phi) is 8.72. The molecule has 1 amide bonds. The summed E-state index contributed by atoms with van der Waals surface area (Å²) in [6.07, 6.45) is 2.79. The minimum atomic E-state index is -1.28. The van der Waals surface area contributed by atoms with Crippen LogP contribution in [0.3, 0.4) is 0 Å².